The van der Waals surface area contributed by atoms with Gasteiger partial charge < -0.3 is 20.4 Å². The van der Waals surface area contributed by atoms with Crippen LogP contribution >= 0.6 is 0 Å². The molecule has 140 valence electrons. The molecule has 3 rings (SSSR count). The zero-order valence-electron chi connectivity index (χ0n) is 15.5. The van der Waals surface area contributed by atoms with Crippen molar-refractivity contribution in [3.05, 3.63) is 65.7 Å². The molecule has 7 heteroatoms. The maximum absolute atomic E-state index is 12.0. The molecule has 0 aliphatic rings. The number of hydrogen-bond acceptors (Lipinski definition) is 4. The zero-order chi connectivity index (χ0) is 19.1. The van der Waals surface area contributed by atoms with E-state index in [-0.39, 0.29) is 5.91 Å². The zero-order valence-corrected chi connectivity index (χ0v) is 15.5. The summed E-state index contributed by atoms with van der Waals surface area (Å²) in [6.07, 6.45) is 3.18. The van der Waals surface area contributed by atoms with Gasteiger partial charge in [-0.15, -0.1) is 0 Å². The van der Waals surface area contributed by atoms with Crippen LogP contribution in [0.4, 0.5) is 0 Å². The lowest BCUT2D eigenvalue weighted by Crippen LogP contribution is -2.41. The van der Waals surface area contributed by atoms with Crippen LogP contribution in [-0.2, 0) is 6.54 Å². The van der Waals surface area contributed by atoms with Gasteiger partial charge in [0.25, 0.3) is 5.91 Å². The average Bonchev–Trinajstić information content (AvgIpc) is 3.04. The van der Waals surface area contributed by atoms with Gasteiger partial charge in [0.05, 0.1) is 12.1 Å². The van der Waals surface area contributed by atoms with Gasteiger partial charge in [0.15, 0.2) is 5.96 Å². The Morgan fingerprint density at radius 1 is 1.11 bits per heavy atom. The van der Waals surface area contributed by atoms with Crippen LogP contribution in [0.3, 0.4) is 0 Å². The highest BCUT2D eigenvalue weighted by atomic mass is 16.3. The van der Waals surface area contributed by atoms with E-state index < -0.39 is 0 Å². The molecule has 0 aliphatic heterocycles. The lowest BCUT2D eigenvalue weighted by molar-refractivity contribution is 0.0954. The number of guanidine groups is 1. The molecule has 3 N–H and O–H groups in total. The maximum Gasteiger partial charge on any atom is 0.252 e. The third kappa shape index (κ3) is 4.63. The number of aromatic nitrogens is 1. The summed E-state index contributed by atoms with van der Waals surface area (Å²) in [7, 11) is 1.70. The number of pyridine rings is 1. The monoisotopic (exact) mass is 365 g/mol. The fraction of sp³-hybridized carbons (Fsp3) is 0.250. The Kier molecular flexibility index (Phi) is 6.04. The lowest BCUT2D eigenvalue weighted by atomic mass is 10.1. The Morgan fingerprint density at radius 3 is 2.67 bits per heavy atom. The van der Waals surface area contributed by atoms with Crippen molar-refractivity contribution in [2.75, 3.05) is 20.1 Å². The van der Waals surface area contributed by atoms with Crippen LogP contribution in [0.1, 0.15) is 21.7 Å². The number of nitrogens with one attached hydrogen (secondary N) is 3. The predicted octanol–water partition coefficient (Wildman–Crippen LogP) is 2.23. The minimum atomic E-state index is -0.147. The van der Waals surface area contributed by atoms with Crippen LogP contribution in [0.15, 0.2) is 58.2 Å². The third-order valence-corrected chi connectivity index (χ3v) is 4.21. The number of hydrogen-bond donors (Lipinski definition) is 3. The van der Waals surface area contributed by atoms with Gasteiger partial charge in [-0.25, -0.2) is 0 Å². The van der Waals surface area contributed by atoms with Gasteiger partial charge in [-0.1, -0.05) is 18.2 Å². The highest BCUT2D eigenvalue weighted by Gasteiger charge is 2.10. The quantitative estimate of drug-likeness (QED) is 0.354. The van der Waals surface area contributed by atoms with E-state index in [1.807, 2.05) is 25.1 Å². The summed E-state index contributed by atoms with van der Waals surface area (Å²) in [5, 5.41) is 10.4. The van der Waals surface area contributed by atoms with Gasteiger partial charge >= 0.3 is 0 Å². The number of furan rings is 1. The first kappa shape index (κ1) is 18.4. The van der Waals surface area contributed by atoms with Crippen LogP contribution in [0, 0.1) is 6.92 Å². The lowest BCUT2D eigenvalue weighted by Gasteiger charge is -2.12. The molecule has 1 aromatic carbocycles. The van der Waals surface area contributed by atoms with Crippen molar-refractivity contribution >= 4 is 22.8 Å². The van der Waals surface area contributed by atoms with Gasteiger partial charge in [-0.2, -0.15) is 0 Å². The Balaban J connectivity index is 1.45. The minimum absolute atomic E-state index is 0.147. The number of aryl methyl sites for hydroxylation is 1. The number of benzene rings is 1. The molecule has 0 fully saturated rings. The first-order chi connectivity index (χ1) is 13.2. The molecule has 1 amide bonds. The number of fused-ring (bicyclic) bond motifs is 1. The molecule has 0 spiro atoms. The van der Waals surface area contributed by atoms with E-state index in [0.717, 1.165) is 22.3 Å². The van der Waals surface area contributed by atoms with E-state index in [1.165, 1.54) is 0 Å². The maximum atomic E-state index is 12.0. The fourth-order valence-corrected chi connectivity index (χ4v) is 2.73. The molecule has 0 saturated heterocycles. The molecule has 7 nitrogen and oxygen atoms in total. The van der Waals surface area contributed by atoms with E-state index in [1.54, 1.807) is 31.6 Å². The Bertz CT molecular complexity index is 934. The van der Waals surface area contributed by atoms with Crippen molar-refractivity contribution in [3.8, 4) is 0 Å². The molecule has 0 aliphatic carbocycles. The highest BCUT2D eigenvalue weighted by molar-refractivity contribution is 5.93. The highest BCUT2D eigenvalue weighted by Crippen LogP contribution is 2.24. The molecular formula is C20H23N5O2. The topological polar surface area (TPSA) is 91.5 Å². The van der Waals surface area contributed by atoms with Crippen molar-refractivity contribution < 1.29 is 9.21 Å². The number of carbonyl (C=O) groups is 1. The molecule has 2 aromatic heterocycles. The van der Waals surface area contributed by atoms with E-state index in [9.17, 15) is 4.79 Å². The number of carbonyl (C=O) groups excluding carboxylic acids is 1. The van der Waals surface area contributed by atoms with Crippen molar-refractivity contribution in [2.24, 2.45) is 4.99 Å². The van der Waals surface area contributed by atoms with Gasteiger partial charge in [-0.3, -0.25) is 14.8 Å². The molecule has 2 heterocycles. The molecule has 0 atom stereocenters. The minimum Gasteiger partial charge on any atom is -0.459 e. The fourth-order valence-electron chi connectivity index (χ4n) is 2.73. The van der Waals surface area contributed by atoms with Gasteiger partial charge in [0.2, 0.25) is 0 Å². The Labute approximate surface area is 157 Å². The van der Waals surface area contributed by atoms with Crippen molar-refractivity contribution in [3.63, 3.8) is 0 Å². The van der Waals surface area contributed by atoms with Crippen LogP contribution in [0.25, 0.3) is 11.0 Å². The summed E-state index contributed by atoms with van der Waals surface area (Å²) in [6.45, 7) is 3.60. The smallest absolute Gasteiger partial charge is 0.252 e. The predicted molar refractivity (Wildman–Crippen MR) is 106 cm³/mol. The summed E-state index contributed by atoms with van der Waals surface area (Å²) < 4.78 is 5.89. The van der Waals surface area contributed by atoms with Crippen LogP contribution in [0.2, 0.25) is 0 Å². The molecule has 0 bridgehead atoms. The summed E-state index contributed by atoms with van der Waals surface area (Å²) in [6, 6.07) is 11.4. The van der Waals surface area contributed by atoms with Crippen molar-refractivity contribution in [2.45, 2.75) is 13.5 Å². The number of rotatable bonds is 6. The van der Waals surface area contributed by atoms with Crippen LogP contribution in [-0.4, -0.2) is 37.0 Å². The second kappa shape index (κ2) is 8.84. The molecule has 3 aromatic rings. The van der Waals surface area contributed by atoms with Crippen LogP contribution < -0.4 is 16.0 Å². The van der Waals surface area contributed by atoms with Gasteiger partial charge in [0, 0.05) is 43.5 Å². The van der Waals surface area contributed by atoms with Crippen molar-refractivity contribution in [1.29, 1.82) is 0 Å². The summed E-state index contributed by atoms with van der Waals surface area (Å²) in [5.41, 5.74) is 2.55. The van der Waals surface area contributed by atoms with Crippen molar-refractivity contribution in [1.82, 2.24) is 20.9 Å². The molecule has 0 unspecified atom stereocenters. The van der Waals surface area contributed by atoms with E-state index in [0.29, 0.717) is 31.2 Å². The molecule has 0 radical (unpaired) electrons. The Morgan fingerprint density at radius 2 is 1.93 bits per heavy atom. The average molecular weight is 365 g/mol. The SMILES string of the molecule is CN=C(NCCNC(=O)c1cccnc1)NCc1oc2ccccc2c1C. The molecule has 27 heavy (non-hydrogen) atoms. The van der Waals surface area contributed by atoms with E-state index in [2.05, 4.69) is 32.0 Å². The van der Waals surface area contributed by atoms with E-state index in [4.69, 9.17) is 4.42 Å². The Hall–Kier alpha value is -3.35. The first-order valence-electron chi connectivity index (χ1n) is 8.79. The standard InChI is InChI=1S/C20H23N5O2/c1-14-16-7-3-4-8-17(16)27-18(14)13-25-20(21-2)24-11-10-23-19(26)15-6-5-9-22-12-15/h3-9,12H,10-11,13H2,1-2H3,(H,23,26)(H2,21,24,25). The van der Waals surface area contributed by atoms with Gasteiger partial charge in [-0.05, 0) is 25.1 Å². The molecule has 0 saturated carbocycles. The summed E-state index contributed by atoms with van der Waals surface area (Å²) in [5.74, 6) is 1.38. The first-order valence-corrected chi connectivity index (χ1v) is 8.79. The second-order valence-corrected chi connectivity index (χ2v) is 6.00. The van der Waals surface area contributed by atoms with Gasteiger partial charge in [0.1, 0.15) is 11.3 Å². The normalized spacial score (nSPS) is 11.4. The number of para-hydroxylation sites is 1. The molecular weight excluding hydrogens is 342 g/mol. The number of aliphatic imine (C=N–C) groups is 1. The summed E-state index contributed by atoms with van der Waals surface area (Å²) in [4.78, 5) is 20.1. The third-order valence-electron chi connectivity index (χ3n) is 4.21. The van der Waals surface area contributed by atoms with E-state index >= 15 is 0 Å². The largest absolute Gasteiger partial charge is 0.459 e. The second-order valence-electron chi connectivity index (χ2n) is 6.00. The number of nitrogens with zero attached hydrogens (tertiary/aromatic N) is 2. The summed E-state index contributed by atoms with van der Waals surface area (Å²) >= 11 is 0. The van der Waals surface area contributed by atoms with Crippen LogP contribution in [0.5, 0.6) is 0 Å². The number of amides is 1.